The van der Waals surface area contributed by atoms with Gasteiger partial charge >= 0.3 is 0 Å². The number of fused-ring (bicyclic) bond motifs is 2. The lowest BCUT2D eigenvalue weighted by atomic mass is 9.87. The largest absolute Gasteiger partial charge is 0.506 e. The minimum Gasteiger partial charge on any atom is -0.506 e. The highest BCUT2D eigenvalue weighted by Gasteiger charge is 2.43. The van der Waals surface area contributed by atoms with Crippen molar-refractivity contribution in [2.75, 3.05) is 14.2 Å². The van der Waals surface area contributed by atoms with Crippen molar-refractivity contribution < 1.29 is 34.0 Å². The number of methoxy groups -OCH3 is 2. The fourth-order valence-corrected chi connectivity index (χ4v) is 4.23. The minimum absolute atomic E-state index is 0.0342. The van der Waals surface area contributed by atoms with Gasteiger partial charge in [-0.1, -0.05) is 17.7 Å². The summed E-state index contributed by atoms with van der Waals surface area (Å²) in [4.78, 5) is 13.4. The molecule has 2 aliphatic heterocycles. The molecule has 0 saturated heterocycles. The summed E-state index contributed by atoms with van der Waals surface area (Å²) in [5.41, 5.74) is 2.04. The van der Waals surface area contributed by atoms with E-state index in [1.807, 2.05) is 39.8 Å². The molecule has 0 radical (unpaired) electrons. The van der Waals surface area contributed by atoms with Crippen molar-refractivity contribution in [3.63, 3.8) is 0 Å². The summed E-state index contributed by atoms with van der Waals surface area (Å²) in [6.45, 7) is 7.78. The zero-order chi connectivity index (χ0) is 24.8. The second kappa shape index (κ2) is 8.72. The molecule has 2 unspecified atom stereocenters. The maximum atomic E-state index is 13.4. The minimum atomic E-state index is -1.52. The molecule has 0 saturated carbocycles. The van der Waals surface area contributed by atoms with Crippen molar-refractivity contribution in [1.82, 2.24) is 0 Å². The van der Waals surface area contributed by atoms with Gasteiger partial charge in [-0.15, -0.1) is 0 Å². The Morgan fingerprint density at radius 2 is 1.85 bits per heavy atom. The van der Waals surface area contributed by atoms with Crippen LogP contribution in [0, 0.1) is 0 Å². The Morgan fingerprint density at radius 3 is 2.50 bits per heavy atom. The molecule has 7 nitrogen and oxygen atoms in total. The third-order valence-electron chi connectivity index (χ3n) is 6.03. The van der Waals surface area contributed by atoms with Gasteiger partial charge in [0.15, 0.2) is 23.7 Å². The molecule has 7 heteroatoms. The van der Waals surface area contributed by atoms with Crippen molar-refractivity contribution in [3.05, 3.63) is 58.2 Å². The second-order valence-corrected chi connectivity index (χ2v) is 9.26. The van der Waals surface area contributed by atoms with Crippen molar-refractivity contribution in [2.24, 2.45) is 0 Å². The number of carbonyl (C=O) groups is 1. The predicted octanol–water partition coefficient (Wildman–Crippen LogP) is 4.78. The third kappa shape index (κ3) is 4.01. The summed E-state index contributed by atoms with van der Waals surface area (Å²) in [5.74, 6) is 0.779. The number of ether oxygens (including phenoxy) is 4. The number of hydrogen-bond donors (Lipinski definition) is 2. The normalized spacial score (nSPS) is 19.9. The molecule has 2 aliphatic rings. The van der Waals surface area contributed by atoms with Crippen LogP contribution in [-0.4, -0.2) is 41.9 Å². The Morgan fingerprint density at radius 1 is 1.15 bits per heavy atom. The average molecular weight is 467 g/mol. The van der Waals surface area contributed by atoms with E-state index in [-0.39, 0.29) is 17.1 Å². The molecule has 34 heavy (non-hydrogen) atoms. The number of hydrogen-bond acceptors (Lipinski definition) is 7. The van der Waals surface area contributed by atoms with Gasteiger partial charge in [-0.2, -0.15) is 0 Å². The lowest BCUT2D eigenvalue weighted by Crippen LogP contribution is -2.37. The van der Waals surface area contributed by atoms with E-state index in [9.17, 15) is 15.0 Å². The highest BCUT2D eigenvalue weighted by molar-refractivity contribution is 6.07. The van der Waals surface area contributed by atoms with E-state index < -0.39 is 23.6 Å². The predicted molar refractivity (Wildman–Crippen MR) is 128 cm³/mol. The summed E-state index contributed by atoms with van der Waals surface area (Å²) in [7, 11) is 3.04. The quantitative estimate of drug-likeness (QED) is 0.613. The molecule has 0 amide bonds. The van der Waals surface area contributed by atoms with Gasteiger partial charge in [0.1, 0.15) is 28.4 Å². The molecule has 0 fully saturated rings. The van der Waals surface area contributed by atoms with Crippen molar-refractivity contribution >= 4 is 11.9 Å². The van der Waals surface area contributed by atoms with E-state index in [0.717, 1.165) is 5.57 Å². The number of phenolic OH excluding ortho intramolecular Hbond substituents is 1. The Hall–Kier alpha value is -3.45. The first kappa shape index (κ1) is 23.7. The highest BCUT2D eigenvalue weighted by Crippen LogP contribution is 2.51. The van der Waals surface area contributed by atoms with Gasteiger partial charge < -0.3 is 29.2 Å². The molecule has 2 aromatic rings. The molecular formula is C27H30O7. The zero-order valence-electron chi connectivity index (χ0n) is 20.3. The van der Waals surface area contributed by atoms with Crippen LogP contribution in [0.1, 0.15) is 60.8 Å². The van der Waals surface area contributed by atoms with E-state index in [2.05, 4.69) is 0 Å². The van der Waals surface area contributed by atoms with Gasteiger partial charge in [-0.3, -0.25) is 4.79 Å². The van der Waals surface area contributed by atoms with Gasteiger partial charge in [0, 0.05) is 5.56 Å². The van der Waals surface area contributed by atoms with Crippen LogP contribution in [0.15, 0.2) is 35.9 Å². The highest BCUT2D eigenvalue weighted by atomic mass is 16.5. The number of Topliss-reactive ketones (excluding diaryl/α,β-unsaturated/α-hetero) is 1. The summed E-state index contributed by atoms with van der Waals surface area (Å²) in [6, 6.07) is 5.07. The number of aliphatic hydroxyl groups is 1. The number of benzene rings is 2. The number of aliphatic hydroxyl groups excluding tert-OH is 1. The second-order valence-electron chi connectivity index (χ2n) is 9.26. The molecule has 2 atom stereocenters. The lowest BCUT2D eigenvalue weighted by molar-refractivity contribution is 0.0203. The van der Waals surface area contributed by atoms with E-state index >= 15 is 0 Å². The molecular weight excluding hydrogens is 436 g/mol. The Labute approximate surface area is 199 Å². The number of phenols is 1. The summed E-state index contributed by atoms with van der Waals surface area (Å²) >= 11 is 0. The van der Waals surface area contributed by atoms with Crippen LogP contribution in [0.4, 0.5) is 0 Å². The van der Waals surface area contributed by atoms with Crippen molar-refractivity contribution in [3.8, 4) is 28.7 Å². The Bertz CT molecular complexity index is 1200. The standard InChI is InChI=1S/C27H30O7/c1-14(2)7-9-17-25-16(11-12-27(3,4)34-25)21(28)20-22(29)23(30)24(33-26(17)20)15-8-10-18(31-5)19(13-15)32-6/h7-8,10-13,23-24,28,30H,9H2,1-6H3. The summed E-state index contributed by atoms with van der Waals surface area (Å²) < 4.78 is 23.2. The number of rotatable bonds is 5. The third-order valence-corrected chi connectivity index (χ3v) is 6.03. The number of aromatic hydroxyl groups is 1. The maximum absolute atomic E-state index is 13.4. The monoisotopic (exact) mass is 466 g/mol. The first-order valence-electron chi connectivity index (χ1n) is 11.1. The van der Waals surface area contributed by atoms with Crippen LogP contribution in [0.25, 0.3) is 6.08 Å². The topological polar surface area (TPSA) is 94.5 Å². The maximum Gasteiger partial charge on any atom is 0.202 e. The van der Waals surface area contributed by atoms with Crippen LogP contribution >= 0.6 is 0 Å². The Balaban J connectivity index is 1.91. The molecule has 0 aliphatic carbocycles. The van der Waals surface area contributed by atoms with Crippen molar-refractivity contribution in [2.45, 2.75) is 51.9 Å². The van der Waals surface area contributed by atoms with E-state index in [4.69, 9.17) is 18.9 Å². The van der Waals surface area contributed by atoms with Gasteiger partial charge in [0.25, 0.3) is 0 Å². The van der Waals surface area contributed by atoms with Crippen LogP contribution in [0.2, 0.25) is 0 Å². The Kier molecular flexibility index (Phi) is 6.08. The lowest BCUT2D eigenvalue weighted by Gasteiger charge is -2.36. The van der Waals surface area contributed by atoms with E-state index in [1.165, 1.54) is 14.2 Å². The number of ketones is 1. The fourth-order valence-electron chi connectivity index (χ4n) is 4.23. The smallest absolute Gasteiger partial charge is 0.202 e. The SMILES string of the molecule is COc1ccc(C2Oc3c(CC=C(C)C)c4c(c(O)c3C(=O)C2O)C=CC(C)(C)O4)cc1OC. The summed E-state index contributed by atoms with van der Waals surface area (Å²) in [6.07, 6.45) is 3.49. The molecule has 4 rings (SSSR count). The molecule has 0 bridgehead atoms. The van der Waals surface area contributed by atoms with Crippen LogP contribution in [-0.2, 0) is 6.42 Å². The number of carbonyl (C=O) groups excluding carboxylic acids is 1. The van der Waals surface area contributed by atoms with Crippen LogP contribution in [0.5, 0.6) is 28.7 Å². The molecule has 2 aromatic carbocycles. The number of allylic oxidation sites excluding steroid dienone is 2. The zero-order valence-corrected chi connectivity index (χ0v) is 20.3. The molecule has 2 heterocycles. The molecule has 0 aromatic heterocycles. The van der Waals surface area contributed by atoms with Gasteiger partial charge in [-0.25, -0.2) is 0 Å². The summed E-state index contributed by atoms with van der Waals surface area (Å²) in [5, 5.41) is 22.0. The van der Waals surface area contributed by atoms with Gasteiger partial charge in [-0.05, 0) is 64.0 Å². The molecule has 2 N–H and O–H groups in total. The van der Waals surface area contributed by atoms with E-state index in [1.54, 1.807) is 24.3 Å². The first-order chi connectivity index (χ1) is 16.1. The van der Waals surface area contributed by atoms with Crippen molar-refractivity contribution in [1.29, 1.82) is 0 Å². The van der Waals surface area contributed by atoms with Gasteiger partial charge in [0.05, 0.1) is 19.8 Å². The first-order valence-corrected chi connectivity index (χ1v) is 11.1. The molecule has 180 valence electrons. The fraction of sp³-hybridized carbons (Fsp3) is 0.370. The molecule has 0 spiro atoms. The van der Waals surface area contributed by atoms with Crippen LogP contribution < -0.4 is 18.9 Å². The van der Waals surface area contributed by atoms with Crippen LogP contribution in [0.3, 0.4) is 0 Å². The van der Waals surface area contributed by atoms with E-state index in [0.29, 0.717) is 40.4 Å². The average Bonchev–Trinajstić information content (AvgIpc) is 2.79. The van der Waals surface area contributed by atoms with Gasteiger partial charge in [0.2, 0.25) is 5.78 Å².